The molecule has 1 fully saturated rings. The fraction of sp³-hybridized carbons (Fsp3) is 0.379. The van der Waals surface area contributed by atoms with E-state index in [0.29, 0.717) is 39.3 Å². The molecule has 6 nitrogen and oxygen atoms in total. The van der Waals surface area contributed by atoms with Gasteiger partial charge in [-0.3, -0.25) is 18.9 Å². The van der Waals surface area contributed by atoms with E-state index in [4.69, 9.17) is 17.2 Å². The lowest BCUT2D eigenvalue weighted by Crippen LogP contribution is -2.34. The zero-order valence-electron chi connectivity index (χ0n) is 21.4. The first-order valence-corrected chi connectivity index (χ1v) is 14.3. The highest BCUT2D eigenvalue weighted by Gasteiger charge is 2.33. The molecule has 192 valence electrons. The molecule has 8 heteroatoms. The number of rotatable bonds is 8. The Balaban J connectivity index is 1.52. The minimum atomic E-state index is -0.174. The molecule has 4 heterocycles. The number of pyridine rings is 1. The van der Waals surface area contributed by atoms with Crippen molar-refractivity contribution in [2.45, 2.75) is 58.9 Å². The van der Waals surface area contributed by atoms with Crippen molar-refractivity contribution >= 4 is 51.7 Å². The molecule has 0 atom stereocenters. The monoisotopic (exact) mass is 532 g/mol. The topological polar surface area (TPSA) is 57.9 Å². The molecule has 37 heavy (non-hydrogen) atoms. The average Bonchev–Trinajstić information content (AvgIpc) is 3.17. The van der Waals surface area contributed by atoms with Crippen LogP contribution in [-0.2, 0) is 17.8 Å². The largest absolute Gasteiger partial charge is 0.351 e. The fourth-order valence-corrected chi connectivity index (χ4v) is 6.33. The van der Waals surface area contributed by atoms with Crippen LogP contribution >= 0.6 is 24.0 Å². The lowest BCUT2D eigenvalue weighted by molar-refractivity contribution is -0.122. The van der Waals surface area contributed by atoms with Gasteiger partial charge < -0.3 is 4.90 Å². The quantitative estimate of drug-likeness (QED) is 0.210. The van der Waals surface area contributed by atoms with Crippen LogP contribution in [0.2, 0.25) is 0 Å². The lowest BCUT2D eigenvalue weighted by atomic mass is 9.99. The molecule has 2 aromatic heterocycles. The van der Waals surface area contributed by atoms with Crippen molar-refractivity contribution in [3.05, 3.63) is 80.1 Å². The maximum Gasteiger partial charge on any atom is 0.267 e. The average molecular weight is 533 g/mol. The first kappa shape index (κ1) is 25.7. The van der Waals surface area contributed by atoms with E-state index >= 15 is 0 Å². The van der Waals surface area contributed by atoms with Crippen molar-refractivity contribution in [2.24, 2.45) is 0 Å². The Morgan fingerprint density at radius 3 is 2.65 bits per heavy atom. The van der Waals surface area contributed by atoms with Gasteiger partial charge >= 0.3 is 0 Å². The van der Waals surface area contributed by atoms with Gasteiger partial charge in [0.2, 0.25) is 0 Å². The second kappa shape index (κ2) is 11.2. The van der Waals surface area contributed by atoms with Crippen molar-refractivity contribution in [2.75, 3.05) is 18.0 Å². The highest BCUT2D eigenvalue weighted by Crippen LogP contribution is 2.34. The van der Waals surface area contributed by atoms with Gasteiger partial charge in [0.15, 0.2) is 0 Å². The zero-order valence-corrected chi connectivity index (χ0v) is 23.0. The number of aryl methyl sites for hydroxylation is 1. The summed E-state index contributed by atoms with van der Waals surface area (Å²) in [4.78, 5) is 36.5. The van der Waals surface area contributed by atoms with Crippen LogP contribution in [0.3, 0.4) is 0 Å². The number of nitrogens with zero attached hydrogens (tertiary/aromatic N) is 4. The van der Waals surface area contributed by atoms with Gasteiger partial charge in [0.05, 0.1) is 10.5 Å². The van der Waals surface area contributed by atoms with Crippen LogP contribution in [0, 0.1) is 6.92 Å². The summed E-state index contributed by atoms with van der Waals surface area (Å²) >= 11 is 6.84. The van der Waals surface area contributed by atoms with E-state index in [2.05, 4.69) is 30.0 Å². The number of fused-ring (bicyclic) bond motifs is 2. The highest BCUT2D eigenvalue weighted by atomic mass is 32.2. The number of hydrogen-bond donors (Lipinski definition) is 0. The van der Waals surface area contributed by atoms with E-state index in [9.17, 15) is 9.59 Å². The van der Waals surface area contributed by atoms with Crippen molar-refractivity contribution in [1.82, 2.24) is 14.3 Å². The minimum Gasteiger partial charge on any atom is -0.351 e. The van der Waals surface area contributed by atoms with Crippen LogP contribution in [0.5, 0.6) is 0 Å². The summed E-state index contributed by atoms with van der Waals surface area (Å²) < 4.78 is 2.14. The first-order valence-electron chi connectivity index (χ1n) is 13.1. The van der Waals surface area contributed by atoms with E-state index in [1.807, 2.05) is 25.1 Å². The summed E-state index contributed by atoms with van der Waals surface area (Å²) in [5.74, 6) is 0.507. The molecule has 2 aliphatic rings. The molecule has 0 N–H and O–H groups in total. The van der Waals surface area contributed by atoms with Crippen LogP contribution in [0.1, 0.15) is 61.3 Å². The number of thioether (sulfide) groups is 1. The predicted octanol–water partition coefficient (Wildman–Crippen LogP) is 5.74. The van der Waals surface area contributed by atoms with Gasteiger partial charge in [-0.25, -0.2) is 4.98 Å². The van der Waals surface area contributed by atoms with Crippen molar-refractivity contribution < 1.29 is 4.79 Å². The molecule has 0 aliphatic carbocycles. The number of benzene rings is 1. The molecule has 0 saturated carbocycles. The fourth-order valence-electron chi connectivity index (χ4n) is 5.04. The Morgan fingerprint density at radius 2 is 1.84 bits per heavy atom. The molecule has 1 amide bonds. The van der Waals surface area contributed by atoms with Crippen LogP contribution in [0.15, 0.2) is 52.3 Å². The molecular weight excluding hydrogens is 500 g/mol. The number of hydrogen-bond acceptors (Lipinski definition) is 6. The van der Waals surface area contributed by atoms with Crippen molar-refractivity contribution in [3.8, 4) is 0 Å². The molecule has 1 aromatic carbocycles. The Kier molecular flexibility index (Phi) is 7.76. The normalized spacial score (nSPS) is 16.8. The molecule has 0 spiro atoms. The van der Waals surface area contributed by atoms with Gasteiger partial charge in [0.1, 0.15) is 15.8 Å². The van der Waals surface area contributed by atoms with E-state index in [1.165, 1.54) is 42.2 Å². The van der Waals surface area contributed by atoms with Crippen LogP contribution in [0.25, 0.3) is 11.7 Å². The number of amides is 1. The van der Waals surface area contributed by atoms with Crippen LogP contribution < -0.4 is 10.5 Å². The molecule has 2 aliphatic heterocycles. The third kappa shape index (κ3) is 5.22. The van der Waals surface area contributed by atoms with Crippen molar-refractivity contribution in [3.63, 3.8) is 0 Å². The second-order valence-corrected chi connectivity index (χ2v) is 11.4. The number of aromatic nitrogens is 2. The summed E-state index contributed by atoms with van der Waals surface area (Å²) in [6.45, 7) is 6.20. The van der Waals surface area contributed by atoms with Crippen molar-refractivity contribution in [1.29, 1.82) is 0 Å². The Labute approximate surface area is 227 Å². The molecule has 0 unspecified atom stereocenters. The highest BCUT2D eigenvalue weighted by molar-refractivity contribution is 8.26. The van der Waals surface area contributed by atoms with Gasteiger partial charge in [0, 0.05) is 25.8 Å². The number of unbranched alkanes of at least 4 members (excludes halogenated alkanes) is 4. The molecule has 3 aromatic rings. The summed E-state index contributed by atoms with van der Waals surface area (Å²) in [7, 11) is 0. The predicted molar refractivity (Wildman–Crippen MR) is 156 cm³/mol. The molecule has 5 rings (SSSR count). The Morgan fingerprint density at radius 1 is 1.05 bits per heavy atom. The minimum absolute atomic E-state index is 0.117. The Bertz CT molecular complexity index is 1450. The molecular formula is C29H32N4O2S2. The standard InChI is InChI=1S/C29H32N4O2S2/c1-3-4-5-6-9-15-33-28(35)24(37-29(33)36)18-23-26(30-25-20(2)11-10-16-32(25)27(23)34)31-17-14-21-12-7-8-13-22(21)19-31/h7-8,10-13,16,18H,3-6,9,14-15,17,19H2,1-2H3/b24-18-. The lowest BCUT2D eigenvalue weighted by Gasteiger charge is -2.31. The number of carbonyl (C=O) groups is 1. The third-order valence-electron chi connectivity index (χ3n) is 7.13. The summed E-state index contributed by atoms with van der Waals surface area (Å²) in [5, 5.41) is 0. The number of thiocarbonyl (C=S) groups is 1. The summed E-state index contributed by atoms with van der Waals surface area (Å²) in [5.41, 5.74) is 4.39. The van der Waals surface area contributed by atoms with Gasteiger partial charge in [-0.2, -0.15) is 0 Å². The number of carbonyl (C=O) groups excluding carboxylic acids is 1. The molecule has 1 saturated heterocycles. The Hall–Kier alpha value is -2.97. The van der Waals surface area contributed by atoms with Crippen LogP contribution in [0.4, 0.5) is 5.82 Å². The van der Waals surface area contributed by atoms with E-state index in [0.717, 1.165) is 31.4 Å². The summed E-state index contributed by atoms with van der Waals surface area (Å²) in [6, 6.07) is 12.2. The number of anilines is 1. The first-order chi connectivity index (χ1) is 18.0. The second-order valence-electron chi connectivity index (χ2n) is 9.73. The zero-order chi connectivity index (χ0) is 25.9. The van der Waals surface area contributed by atoms with Gasteiger partial charge in [-0.05, 0) is 48.6 Å². The third-order valence-corrected chi connectivity index (χ3v) is 8.51. The van der Waals surface area contributed by atoms with E-state index in [-0.39, 0.29) is 11.5 Å². The molecule has 0 bridgehead atoms. The SMILES string of the molecule is CCCCCCCN1C(=O)/C(=C/c2c(N3CCc4ccccc4C3)nc3c(C)cccn3c2=O)SC1=S. The van der Waals surface area contributed by atoms with Gasteiger partial charge in [0.25, 0.3) is 11.5 Å². The molecule has 0 radical (unpaired) electrons. The van der Waals surface area contributed by atoms with Crippen LogP contribution in [-0.4, -0.2) is 37.6 Å². The smallest absolute Gasteiger partial charge is 0.267 e. The van der Waals surface area contributed by atoms with E-state index in [1.54, 1.807) is 21.6 Å². The van der Waals surface area contributed by atoms with E-state index < -0.39 is 0 Å². The maximum absolute atomic E-state index is 13.8. The summed E-state index contributed by atoms with van der Waals surface area (Å²) in [6.07, 6.45) is 9.91. The van der Waals surface area contributed by atoms with Gasteiger partial charge in [-0.1, -0.05) is 86.9 Å². The maximum atomic E-state index is 13.8. The van der Waals surface area contributed by atoms with Gasteiger partial charge in [-0.15, -0.1) is 0 Å².